The fourth-order valence-corrected chi connectivity index (χ4v) is 4.79. The maximum atomic E-state index is 12.9. The number of piperidine rings is 1. The van der Waals surface area contributed by atoms with Crippen molar-refractivity contribution in [3.63, 3.8) is 0 Å². The zero-order chi connectivity index (χ0) is 24.0. The van der Waals surface area contributed by atoms with E-state index in [4.69, 9.17) is 9.47 Å². The van der Waals surface area contributed by atoms with E-state index in [2.05, 4.69) is 26.6 Å². The second-order valence-corrected chi connectivity index (χ2v) is 9.03. The SMILES string of the molecule is COc1ccc(Br)c2c1OCC(C(=O)Nc1ccc3c(c1)CN(C1CCC(=O)NC1=O)C3=O)=C2. The van der Waals surface area contributed by atoms with Crippen LogP contribution < -0.4 is 20.1 Å². The van der Waals surface area contributed by atoms with Crippen molar-refractivity contribution in [3.8, 4) is 11.5 Å². The molecule has 3 aliphatic heterocycles. The van der Waals surface area contributed by atoms with Gasteiger partial charge in [-0.15, -0.1) is 0 Å². The van der Waals surface area contributed by atoms with Gasteiger partial charge in [0.2, 0.25) is 11.8 Å². The van der Waals surface area contributed by atoms with E-state index >= 15 is 0 Å². The van der Waals surface area contributed by atoms with Gasteiger partial charge in [-0.2, -0.15) is 0 Å². The Hall–Kier alpha value is -3.66. The highest BCUT2D eigenvalue weighted by atomic mass is 79.9. The Kier molecular flexibility index (Phi) is 5.60. The fraction of sp³-hybridized carbons (Fsp3) is 0.250. The summed E-state index contributed by atoms with van der Waals surface area (Å²) >= 11 is 3.48. The summed E-state index contributed by atoms with van der Waals surface area (Å²) in [6.07, 6.45) is 2.24. The third-order valence-corrected chi connectivity index (χ3v) is 6.78. The van der Waals surface area contributed by atoms with E-state index in [1.807, 2.05) is 6.07 Å². The molecule has 3 aliphatic rings. The van der Waals surface area contributed by atoms with E-state index in [1.165, 1.54) is 4.90 Å². The summed E-state index contributed by atoms with van der Waals surface area (Å²) in [5.41, 5.74) is 2.86. The Morgan fingerprint density at radius 3 is 2.82 bits per heavy atom. The van der Waals surface area contributed by atoms with E-state index in [0.29, 0.717) is 40.3 Å². The Labute approximate surface area is 203 Å². The summed E-state index contributed by atoms with van der Waals surface area (Å²) in [7, 11) is 1.55. The van der Waals surface area contributed by atoms with Crippen molar-refractivity contribution in [3.05, 3.63) is 57.1 Å². The van der Waals surface area contributed by atoms with Gasteiger partial charge < -0.3 is 19.7 Å². The summed E-state index contributed by atoms with van der Waals surface area (Å²) in [5, 5.41) is 5.14. The smallest absolute Gasteiger partial charge is 0.255 e. The highest BCUT2D eigenvalue weighted by Crippen LogP contribution is 2.40. The standard InChI is InChI=1S/C24H20BrN3O6/c1-33-19-6-4-17(25)16-9-13(11-34-21(16)19)22(30)26-14-2-3-15-12(8-14)10-28(24(15)32)18-5-7-20(29)27-23(18)31/h2-4,6,8-9,18H,5,7,10-11H2,1H3,(H,26,30)(H,27,29,31). The summed E-state index contributed by atoms with van der Waals surface area (Å²) < 4.78 is 11.9. The van der Waals surface area contributed by atoms with Gasteiger partial charge in [0.15, 0.2) is 11.5 Å². The first-order valence-electron chi connectivity index (χ1n) is 10.6. The number of nitrogens with zero attached hydrogens (tertiary/aromatic N) is 1. The first kappa shape index (κ1) is 22.1. The van der Waals surface area contributed by atoms with E-state index < -0.39 is 11.9 Å². The van der Waals surface area contributed by atoms with Gasteiger partial charge in [0.25, 0.3) is 11.8 Å². The average Bonchev–Trinajstić information content (AvgIpc) is 3.14. The van der Waals surface area contributed by atoms with Gasteiger partial charge in [-0.05, 0) is 48.4 Å². The van der Waals surface area contributed by atoms with Crippen LogP contribution in [0.5, 0.6) is 11.5 Å². The minimum Gasteiger partial charge on any atom is -0.493 e. The van der Waals surface area contributed by atoms with E-state index in [0.717, 1.165) is 10.0 Å². The largest absolute Gasteiger partial charge is 0.493 e. The third kappa shape index (κ3) is 3.83. The summed E-state index contributed by atoms with van der Waals surface area (Å²) in [4.78, 5) is 50.9. The molecule has 0 aromatic heterocycles. The van der Waals surface area contributed by atoms with Crippen molar-refractivity contribution in [2.24, 2.45) is 0 Å². The molecule has 1 saturated heterocycles. The van der Waals surface area contributed by atoms with Gasteiger partial charge in [0.1, 0.15) is 12.6 Å². The van der Waals surface area contributed by atoms with E-state index in [1.54, 1.807) is 37.5 Å². The number of halogens is 1. The van der Waals surface area contributed by atoms with Crippen molar-refractivity contribution in [2.45, 2.75) is 25.4 Å². The van der Waals surface area contributed by atoms with Crippen LogP contribution in [0.4, 0.5) is 5.69 Å². The fourth-order valence-electron chi connectivity index (χ4n) is 4.36. The minimum atomic E-state index is -0.685. The van der Waals surface area contributed by atoms with Crippen LogP contribution in [0.1, 0.15) is 34.3 Å². The molecule has 0 bridgehead atoms. The number of benzene rings is 2. The number of fused-ring (bicyclic) bond motifs is 2. The molecular formula is C24H20BrN3O6. The van der Waals surface area contributed by atoms with E-state index in [9.17, 15) is 19.2 Å². The highest BCUT2D eigenvalue weighted by Gasteiger charge is 2.39. The number of methoxy groups -OCH3 is 1. The molecule has 10 heteroatoms. The maximum Gasteiger partial charge on any atom is 0.255 e. The predicted molar refractivity (Wildman–Crippen MR) is 125 cm³/mol. The molecule has 0 saturated carbocycles. The first-order valence-corrected chi connectivity index (χ1v) is 11.4. The zero-order valence-corrected chi connectivity index (χ0v) is 19.7. The number of hydrogen-bond donors (Lipinski definition) is 2. The molecule has 9 nitrogen and oxygen atoms in total. The number of rotatable bonds is 4. The molecule has 0 radical (unpaired) electrons. The molecule has 2 aromatic rings. The van der Waals surface area contributed by atoms with E-state index in [-0.39, 0.29) is 37.3 Å². The molecular weight excluding hydrogens is 506 g/mol. The Morgan fingerprint density at radius 2 is 2.06 bits per heavy atom. The van der Waals surface area contributed by atoms with Gasteiger partial charge in [-0.1, -0.05) is 15.9 Å². The van der Waals surface area contributed by atoms with Crippen molar-refractivity contribution < 1.29 is 28.7 Å². The van der Waals surface area contributed by atoms with Crippen LogP contribution in [0.3, 0.4) is 0 Å². The van der Waals surface area contributed by atoms with Crippen molar-refractivity contribution in [1.29, 1.82) is 0 Å². The van der Waals surface area contributed by atoms with Crippen LogP contribution >= 0.6 is 15.9 Å². The number of ether oxygens (including phenoxy) is 2. The lowest BCUT2D eigenvalue weighted by atomic mass is 10.0. The number of carbonyl (C=O) groups is 4. The van der Waals surface area contributed by atoms with Crippen LogP contribution in [0.2, 0.25) is 0 Å². The molecule has 0 aliphatic carbocycles. The number of anilines is 1. The normalized spacial score (nSPS) is 19.0. The average molecular weight is 526 g/mol. The Balaban J connectivity index is 1.33. The lowest BCUT2D eigenvalue weighted by Gasteiger charge is -2.29. The molecule has 4 amide bonds. The van der Waals surface area contributed by atoms with Crippen LogP contribution in [-0.2, 0) is 20.9 Å². The molecule has 5 rings (SSSR count). The Bertz CT molecular complexity index is 1290. The van der Waals surface area contributed by atoms with Gasteiger partial charge in [-0.25, -0.2) is 0 Å². The molecule has 0 spiro atoms. The molecule has 1 atom stereocenters. The number of amides is 4. The number of carbonyl (C=O) groups excluding carboxylic acids is 4. The second-order valence-electron chi connectivity index (χ2n) is 8.18. The summed E-state index contributed by atoms with van der Waals surface area (Å²) in [6, 6.07) is 7.95. The minimum absolute atomic E-state index is 0.0817. The van der Waals surface area contributed by atoms with Crippen LogP contribution in [0, 0.1) is 0 Å². The molecule has 34 heavy (non-hydrogen) atoms. The number of imide groups is 1. The van der Waals surface area contributed by atoms with Crippen molar-refractivity contribution in [1.82, 2.24) is 10.2 Å². The van der Waals surface area contributed by atoms with Gasteiger partial charge >= 0.3 is 0 Å². The third-order valence-electron chi connectivity index (χ3n) is 6.09. The predicted octanol–water partition coefficient (Wildman–Crippen LogP) is 2.63. The molecule has 2 aromatic carbocycles. The maximum absolute atomic E-state index is 12.9. The topological polar surface area (TPSA) is 114 Å². The molecule has 3 heterocycles. The molecule has 1 fully saturated rings. The number of nitrogens with one attached hydrogen (secondary N) is 2. The summed E-state index contributed by atoms with van der Waals surface area (Å²) in [5.74, 6) is -0.230. The van der Waals surface area contributed by atoms with Crippen LogP contribution in [0.25, 0.3) is 6.08 Å². The van der Waals surface area contributed by atoms with Gasteiger partial charge in [-0.3, -0.25) is 24.5 Å². The first-order chi connectivity index (χ1) is 16.4. The monoisotopic (exact) mass is 525 g/mol. The lowest BCUT2D eigenvalue weighted by molar-refractivity contribution is -0.136. The molecule has 174 valence electrons. The lowest BCUT2D eigenvalue weighted by Crippen LogP contribution is -2.52. The second kappa shape index (κ2) is 8.60. The van der Waals surface area contributed by atoms with Crippen molar-refractivity contribution in [2.75, 3.05) is 19.0 Å². The zero-order valence-electron chi connectivity index (χ0n) is 18.1. The molecule has 2 N–H and O–H groups in total. The molecule has 1 unspecified atom stereocenters. The van der Waals surface area contributed by atoms with Crippen molar-refractivity contribution >= 4 is 51.3 Å². The number of hydrogen-bond acceptors (Lipinski definition) is 6. The van der Waals surface area contributed by atoms with Gasteiger partial charge in [0.05, 0.1) is 12.7 Å². The van der Waals surface area contributed by atoms with Crippen LogP contribution in [-0.4, -0.2) is 48.3 Å². The van der Waals surface area contributed by atoms with Gasteiger partial charge in [0, 0.05) is 34.3 Å². The summed E-state index contributed by atoms with van der Waals surface area (Å²) in [6.45, 7) is 0.314. The van der Waals surface area contributed by atoms with Crippen LogP contribution in [0.15, 0.2) is 40.4 Å². The quantitative estimate of drug-likeness (QED) is 0.593. The highest BCUT2D eigenvalue weighted by molar-refractivity contribution is 9.10. The Morgan fingerprint density at radius 1 is 1.24 bits per heavy atom.